The summed E-state index contributed by atoms with van der Waals surface area (Å²) in [4.78, 5) is 14.4. The summed E-state index contributed by atoms with van der Waals surface area (Å²) >= 11 is 0. The lowest BCUT2D eigenvalue weighted by atomic mass is 9.51. The van der Waals surface area contributed by atoms with Crippen molar-refractivity contribution in [3.05, 3.63) is 52.6 Å². The van der Waals surface area contributed by atoms with E-state index in [-0.39, 0.29) is 11.0 Å². The average Bonchev–Trinajstić information content (AvgIpc) is 3.39. The number of ether oxygens (including phenoxy) is 1. The van der Waals surface area contributed by atoms with Crippen LogP contribution in [0, 0.1) is 17.3 Å². The molecule has 32 heavy (non-hydrogen) atoms. The first-order chi connectivity index (χ1) is 15.4. The smallest absolute Gasteiger partial charge is 0.156 e. The Morgan fingerprint density at radius 1 is 1.03 bits per heavy atom. The maximum absolute atomic E-state index is 12.2. The molecule has 0 aromatic heterocycles. The molecule has 6 rings (SSSR count). The van der Waals surface area contributed by atoms with E-state index in [0.717, 1.165) is 25.4 Å². The monoisotopic (exact) mass is 431 g/mol. The van der Waals surface area contributed by atoms with Gasteiger partial charge in [0.05, 0.1) is 5.60 Å². The van der Waals surface area contributed by atoms with Crippen LogP contribution < -0.4 is 4.90 Å². The molecule has 1 heterocycles. The molecule has 1 saturated heterocycles. The summed E-state index contributed by atoms with van der Waals surface area (Å²) in [6.45, 7) is 3.52. The van der Waals surface area contributed by atoms with Gasteiger partial charge in [-0.05, 0) is 98.1 Å². The molecule has 1 aromatic rings. The fourth-order valence-corrected chi connectivity index (χ4v) is 8.39. The SMILES string of the molecule is CN(C)c1ccc([C@H]2C[C@]3(C)[C@@H](CC[C@@]34CCCO4)[C@@H]3CCC4=CC(=O)CCC4=C32)cc1. The standard InChI is InChI=1S/C29H37NO2/c1-28-18-25(19-5-8-21(9-6-19)30(2)3)27-23-12-10-22(31)17-20(23)7-11-24(27)26(28)13-15-29(28)14-4-16-32-29/h5-6,8-9,17,24-26H,4,7,10-16,18H2,1-3H3/t24-,25+,26-,28+,29-/m0/s1. The van der Waals surface area contributed by atoms with Crippen LogP contribution in [0.25, 0.3) is 0 Å². The second-order valence-electron chi connectivity index (χ2n) is 11.5. The van der Waals surface area contributed by atoms with Crippen LogP contribution in [0.3, 0.4) is 0 Å². The molecule has 0 amide bonds. The molecule has 4 aliphatic carbocycles. The van der Waals surface area contributed by atoms with Crippen molar-refractivity contribution in [2.75, 3.05) is 25.6 Å². The maximum atomic E-state index is 12.2. The molecule has 3 fully saturated rings. The number of nitrogens with zero attached hydrogens (tertiary/aromatic N) is 1. The Morgan fingerprint density at radius 2 is 1.84 bits per heavy atom. The first-order valence-electron chi connectivity index (χ1n) is 12.8. The molecule has 1 aliphatic heterocycles. The fourth-order valence-electron chi connectivity index (χ4n) is 8.39. The Morgan fingerprint density at radius 3 is 2.56 bits per heavy atom. The molecular formula is C29H37NO2. The maximum Gasteiger partial charge on any atom is 0.156 e. The Kier molecular flexibility index (Phi) is 4.74. The Hall–Kier alpha value is -1.87. The average molecular weight is 432 g/mol. The van der Waals surface area contributed by atoms with Gasteiger partial charge in [0, 0.05) is 44.1 Å². The van der Waals surface area contributed by atoms with E-state index in [1.807, 2.05) is 6.08 Å². The highest BCUT2D eigenvalue weighted by molar-refractivity contribution is 5.93. The van der Waals surface area contributed by atoms with Crippen molar-refractivity contribution in [1.82, 2.24) is 0 Å². The minimum atomic E-state index is 0.0916. The van der Waals surface area contributed by atoms with Crippen LogP contribution in [0.1, 0.15) is 76.2 Å². The number of rotatable bonds is 2. The molecule has 1 aromatic carbocycles. The van der Waals surface area contributed by atoms with Gasteiger partial charge in [-0.1, -0.05) is 24.6 Å². The summed E-state index contributed by atoms with van der Waals surface area (Å²) in [6.07, 6.45) is 12.1. The number of hydrogen-bond acceptors (Lipinski definition) is 3. The van der Waals surface area contributed by atoms with Gasteiger partial charge in [0.25, 0.3) is 0 Å². The van der Waals surface area contributed by atoms with E-state index >= 15 is 0 Å². The molecule has 2 saturated carbocycles. The zero-order chi connectivity index (χ0) is 22.1. The van der Waals surface area contributed by atoms with Gasteiger partial charge >= 0.3 is 0 Å². The number of carbonyl (C=O) groups is 1. The van der Waals surface area contributed by atoms with Crippen LogP contribution >= 0.6 is 0 Å². The van der Waals surface area contributed by atoms with E-state index in [1.165, 1.54) is 55.3 Å². The van der Waals surface area contributed by atoms with Crippen molar-refractivity contribution >= 4 is 11.5 Å². The quantitative estimate of drug-likeness (QED) is 0.558. The number of anilines is 1. The van der Waals surface area contributed by atoms with Gasteiger partial charge in [-0.25, -0.2) is 0 Å². The van der Waals surface area contributed by atoms with E-state index < -0.39 is 0 Å². The summed E-state index contributed by atoms with van der Waals surface area (Å²) in [6, 6.07) is 9.31. The van der Waals surface area contributed by atoms with Gasteiger partial charge < -0.3 is 9.64 Å². The number of carbonyl (C=O) groups excluding carboxylic acids is 1. The second kappa shape index (κ2) is 7.32. The van der Waals surface area contributed by atoms with Gasteiger partial charge in [0.1, 0.15) is 0 Å². The lowest BCUT2D eigenvalue weighted by Crippen LogP contribution is -2.51. The normalized spacial score (nSPS) is 38.4. The summed E-state index contributed by atoms with van der Waals surface area (Å²) in [5, 5.41) is 0. The van der Waals surface area contributed by atoms with E-state index in [2.05, 4.69) is 50.2 Å². The third-order valence-corrected chi connectivity index (χ3v) is 9.94. The van der Waals surface area contributed by atoms with Crippen LogP contribution in [-0.2, 0) is 9.53 Å². The minimum absolute atomic E-state index is 0.0916. The van der Waals surface area contributed by atoms with E-state index in [9.17, 15) is 4.79 Å². The van der Waals surface area contributed by atoms with Crippen LogP contribution in [-0.4, -0.2) is 32.1 Å². The highest BCUT2D eigenvalue weighted by Gasteiger charge is 2.64. The first-order valence-corrected chi connectivity index (χ1v) is 12.8. The zero-order valence-corrected chi connectivity index (χ0v) is 20.0. The largest absolute Gasteiger partial charge is 0.378 e. The van der Waals surface area contributed by atoms with Gasteiger partial charge in [-0.15, -0.1) is 0 Å². The van der Waals surface area contributed by atoms with Crippen LogP contribution in [0.2, 0.25) is 0 Å². The van der Waals surface area contributed by atoms with E-state index in [0.29, 0.717) is 24.0 Å². The van der Waals surface area contributed by atoms with Crippen molar-refractivity contribution in [1.29, 1.82) is 0 Å². The number of hydrogen-bond donors (Lipinski definition) is 0. The fraction of sp³-hybridized carbons (Fsp3) is 0.621. The summed E-state index contributed by atoms with van der Waals surface area (Å²) in [5.74, 6) is 2.15. The van der Waals surface area contributed by atoms with Gasteiger partial charge in [-0.2, -0.15) is 0 Å². The van der Waals surface area contributed by atoms with Gasteiger partial charge in [0.15, 0.2) is 5.78 Å². The van der Waals surface area contributed by atoms with E-state index in [4.69, 9.17) is 4.74 Å². The van der Waals surface area contributed by atoms with Crippen molar-refractivity contribution in [3.63, 3.8) is 0 Å². The predicted molar refractivity (Wildman–Crippen MR) is 129 cm³/mol. The highest BCUT2D eigenvalue weighted by atomic mass is 16.5. The molecule has 0 bridgehead atoms. The third kappa shape index (κ3) is 2.86. The molecule has 3 nitrogen and oxygen atoms in total. The molecule has 1 spiro atoms. The second-order valence-corrected chi connectivity index (χ2v) is 11.5. The van der Waals surface area contributed by atoms with Crippen LogP contribution in [0.4, 0.5) is 5.69 Å². The molecule has 3 heteroatoms. The van der Waals surface area contributed by atoms with Crippen molar-refractivity contribution < 1.29 is 9.53 Å². The summed E-state index contributed by atoms with van der Waals surface area (Å²) in [5.41, 5.74) is 7.66. The number of fused-ring (bicyclic) bond motifs is 5. The van der Waals surface area contributed by atoms with Gasteiger partial charge in [-0.3, -0.25) is 4.79 Å². The highest BCUT2D eigenvalue weighted by Crippen LogP contribution is 2.69. The summed E-state index contributed by atoms with van der Waals surface area (Å²) in [7, 11) is 4.22. The van der Waals surface area contributed by atoms with Crippen molar-refractivity contribution in [3.8, 4) is 0 Å². The van der Waals surface area contributed by atoms with Crippen molar-refractivity contribution in [2.45, 2.75) is 76.2 Å². The number of ketones is 1. The van der Waals surface area contributed by atoms with Gasteiger partial charge in [0.2, 0.25) is 0 Å². The molecule has 0 N–H and O–H groups in total. The molecular weight excluding hydrogens is 394 g/mol. The lowest BCUT2D eigenvalue weighted by Gasteiger charge is -2.55. The van der Waals surface area contributed by atoms with Crippen LogP contribution in [0.15, 0.2) is 47.1 Å². The molecule has 0 radical (unpaired) electrons. The Labute approximate surface area is 192 Å². The lowest BCUT2D eigenvalue weighted by molar-refractivity contribution is -0.114. The topological polar surface area (TPSA) is 29.5 Å². The first kappa shape index (κ1) is 20.7. The molecule has 170 valence electrons. The number of benzene rings is 1. The van der Waals surface area contributed by atoms with E-state index in [1.54, 1.807) is 11.1 Å². The third-order valence-electron chi connectivity index (χ3n) is 9.94. The number of allylic oxidation sites excluding steroid dienone is 4. The predicted octanol–water partition coefficient (Wildman–Crippen LogP) is 6.20. The molecule has 5 atom stereocenters. The Balaban J connectivity index is 1.50. The Bertz CT molecular complexity index is 994. The minimum Gasteiger partial charge on any atom is -0.378 e. The van der Waals surface area contributed by atoms with Crippen LogP contribution in [0.5, 0.6) is 0 Å². The molecule has 5 aliphatic rings. The van der Waals surface area contributed by atoms with Crippen molar-refractivity contribution in [2.24, 2.45) is 17.3 Å². The summed E-state index contributed by atoms with van der Waals surface area (Å²) < 4.78 is 6.63. The zero-order valence-electron chi connectivity index (χ0n) is 20.0. The molecule has 0 unspecified atom stereocenters.